The molecule has 0 bridgehead atoms. The van der Waals surface area contributed by atoms with E-state index in [0.29, 0.717) is 16.9 Å². The van der Waals surface area contributed by atoms with Gasteiger partial charge in [-0.05, 0) is 23.8 Å². The molecule has 0 fully saturated rings. The van der Waals surface area contributed by atoms with Crippen LogP contribution in [-0.2, 0) is 0 Å². The summed E-state index contributed by atoms with van der Waals surface area (Å²) in [5, 5.41) is 9.93. The fourth-order valence-electron chi connectivity index (χ4n) is 2.92. The summed E-state index contributed by atoms with van der Waals surface area (Å²) in [7, 11) is 0. The molecule has 0 saturated carbocycles. The van der Waals surface area contributed by atoms with E-state index >= 15 is 0 Å². The minimum atomic E-state index is -0.767. The minimum absolute atomic E-state index is 0.0356. The first-order chi connectivity index (χ1) is 12.5. The Morgan fingerprint density at radius 1 is 0.923 bits per heavy atom. The molecule has 0 aliphatic heterocycles. The molecule has 4 rings (SSSR count). The van der Waals surface area contributed by atoms with Crippen molar-refractivity contribution in [3.8, 4) is 22.7 Å². The Kier molecular flexibility index (Phi) is 3.65. The monoisotopic (exact) mass is 349 g/mol. The topological polar surface area (TPSA) is 72.4 Å². The summed E-state index contributed by atoms with van der Waals surface area (Å²) in [5.41, 5.74) is -0.0535. The summed E-state index contributed by atoms with van der Waals surface area (Å²) >= 11 is 0. The third-order valence-electron chi connectivity index (χ3n) is 4.03. The van der Waals surface area contributed by atoms with Gasteiger partial charge in [0.25, 0.3) is 5.56 Å². The van der Waals surface area contributed by atoms with Gasteiger partial charge in [-0.1, -0.05) is 36.4 Å². The van der Waals surface area contributed by atoms with Gasteiger partial charge >= 0.3 is 5.63 Å². The van der Waals surface area contributed by atoms with Gasteiger partial charge in [-0.3, -0.25) is 9.36 Å². The molecule has 0 aliphatic carbocycles. The zero-order valence-corrected chi connectivity index (χ0v) is 13.3. The van der Waals surface area contributed by atoms with Crippen LogP contribution in [0.4, 0.5) is 4.39 Å². The first-order valence-electron chi connectivity index (χ1n) is 7.79. The predicted octanol–water partition coefficient (Wildman–Crippen LogP) is 3.46. The molecule has 4 aromatic rings. The van der Waals surface area contributed by atoms with Crippen molar-refractivity contribution in [3.05, 3.63) is 93.3 Å². The number of rotatable bonds is 2. The van der Waals surface area contributed by atoms with Crippen molar-refractivity contribution < 1.29 is 13.9 Å². The lowest BCUT2D eigenvalue weighted by Crippen LogP contribution is -2.21. The molecule has 0 saturated heterocycles. The predicted molar refractivity (Wildman–Crippen MR) is 95.1 cm³/mol. The van der Waals surface area contributed by atoms with Crippen LogP contribution in [0.3, 0.4) is 0 Å². The number of pyridine rings is 1. The van der Waals surface area contributed by atoms with E-state index in [1.807, 2.05) is 6.07 Å². The molecular formula is C20H12FNO4. The molecule has 2 aromatic carbocycles. The van der Waals surface area contributed by atoms with E-state index in [9.17, 15) is 19.1 Å². The van der Waals surface area contributed by atoms with Crippen LogP contribution in [0.25, 0.3) is 27.9 Å². The summed E-state index contributed by atoms with van der Waals surface area (Å²) in [5.74, 6) is -0.983. The standard InChI is InChI=1S/C20H12FNO4/c21-13-7-4-8-14(9-13)22-15(12-5-2-1-3-6-12)10-17-19(20(22)25)16(23)11-18(24)26-17/h1-11,23H. The smallest absolute Gasteiger partial charge is 0.339 e. The van der Waals surface area contributed by atoms with E-state index in [1.54, 1.807) is 30.3 Å². The number of fused-ring (bicyclic) bond motifs is 1. The zero-order chi connectivity index (χ0) is 18.3. The first kappa shape index (κ1) is 15.8. The molecule has 128 valence electrons. The van der Waals surface area contributed by atoms with Crippen molar-refractivity contribution >= 4 is 11.0 Å². The summed E-state index contributed by atoms with van der Waals surface area (Å²) in [6.45, 7) is 0. The quantitative estimate of drug-likeness (QED) is 0.602. The number of aromatic nitrogens is 1. The van der Waals surface area contributed by atoms with Crippen LogP contribution in [-0.4, -0.2) is 9.67 Å². The third-order valence-corrected chi connectivity index (χ3v) is 4.03. The zero-order valence-electron chi connectivity index (χ0n) is 13.3. The summed E-state index contributed by atoms with van der Waals surface area (Å²) in [4.78, 5) is 24.7. The van der Waals surface area contributed by atoms with E-state index in [1.165, 1.54) is 28.8 Å². The molecule has 0 spiro atoms. The molecule has 1 N–H and O–H groups in total. The highest BCUT2D eigenvalue weighted by molar-refractivity contribution is 5.86. The molecule has 6 heteroatoms. The second-order valence-electron chi connectivity index (χ2n) is 5.71. The summed E-state index contributed by atoms with van der Waals surface area (Å²) in [6.07, 6.45) is 0. The largest absolute Gasteiger partial charge is 0.507 e. The molecule has 26 heavy (non-hydrogen) atoms. The van der Waals surface area contributed by atoms with Crippen LogP contribution >= 0.6 is 0 Å². The van der Waals surface area contributed by atoms with E-state index in [-0.39, 0.29) is 11.0 Å². The van der Waals surface area contributed by atoms with E-state index in [0.717, 1.165) is 6.07 Å². The lowest BCUT2D eigenvalue weighted by atomic mass is 10.1. The van der Waals surface area contributed by atoms with Crippen LogP contribution in [0.1, 0.15) is 0 Å². The molecule has 2 heterocycles. The molecule has 0 aliphatic rings. The first-order valence-corrected chi connectivity index (χ1v) is 7.79. The van der Waals surface area contributed by atoms with Crippen LogP contribution in [0.2, 0.25) is 0 Å². The Labute approximate surface area is 146 Å². The molecule has 0 unspecified atom stereocenters. The van der Waals surface area contributed by atoms with Gasteiger partial charge in [-0.25, -0.2) is 9.18 Å². The Morgan fingerprint density at radius 3 is 2.42 bits per heavy atom. The Hall–Kier alpha value is -3.67. The van der Waals surface area contributed by atoms with Gasteiger partial charge in [0.1, 0.15) is 22.5 Å². The van der Waals surface area contributed by atoms with Gasteiger partial charge in [-0.15, -0.1) is 0 Å². The van der Waals surface area contributed by atoms with Crippen molar-refractivity contribution in [2.45, 2.75) is 0 Å². The second-order valence-corrected chi connectivity index (χ2v) is 5.71. The van der Waals surface area contributed by atoms with E-state index < -0.39 is 22.8 Å². The van der Waals surface area contributed by atoms with Crippen LogP contribution in [0, 0.1) is 5.82 Å². The average Bonchev–Trinajstić information content (AvgIpc) is 2.61. The molecule has 5 nitrogen and oxygen atoms in total. The van der Waals surface area contributed by atoms with Crippen molar-refractivity contribution in [1.29, 1.82) is 0 Å². The van der Waals surface area contributed by atoms with Gasteiger partial charge < -0.3 is 9.52 Å². The maximum atomic E-state index is 13.7. The maximum Gasteiger partial charge on any atom is 0.339 e. The van der Waals surface area contributed by atoms with E-state index in [2.05, 4.69) is 0 Å². The number of halogens is 1. The molecule has 2 aromatic heterocycles. The lowest BCUT2D eigenvalue weighted by Gasteiger charge is -2.15. The number of aromatic hydroxyl groups is 1. The number of hydrogen-bond donors (Lipinski definition) is 1. The van der Waals surface area contributed by atoms with Crippen LogP contribution in [0.15, 0.2) is 80.7 Å². The van der Waals surface area contributed by atoms with Crippen LogP contribution < -0.4 is 11.2 Å². The Balaban J connectivity index is 2.19. The van der Waals surface area contributed by atoms with Crippen molar-refractivity contribution in [3.63, 3.8) is 0 Å². The van der Waals surface area contributed by atoms with Gasteiger partial charge in [0.15, 0.2) is 0 Å². The van der Waals surface area contributed by atoms with Crippen LogP contribution in [0.5, 0.6) is 5.75 Å². The van der Waals surface area contributed by atoms with Gasteiger partial charge in [-0.2, -0.15) is 0 Å². The highest BCUT2D eigenvalue weighted by atomic mass is 19.1. The lowest BCUT2D eigenvalue weighted by molar-refractivity contribution is 0.467. The van der Waals surface area contributed by atoms with Crippen molar-refractivity contribution in [1.82, 2.24) is 4.57 Å². The average molecular weight is 349 g/mol. The normalized spacial score (nSPS) is 11.0. The minimum Gasteiger partial charge on any atom is -0.507 e. The number of nitrogens with zero attached hydrogens (tertiary/aromatic N) is 1. The fourth-order valence-corrected chi connectivity index (χ4v) is 2.92. The Morgan fingerprint density at radius 2 is 1.69 bits per heavy atom. The molecule has 0 atom stereocenters. The Bertz CT molecular complexity index is 1240. The summed E-state index contributed by atoms with van der Waals surface area (Å²) in [6, 6.07) is 16.8. The molecule has 0 amide bonds. The maximum absolute atomic E-state index is 13.7. The highest BCUT2D eigenvalue weighted by Crippen LogP contribution is 2.27. The highest BCUT2D eigenvalue weighted by Gasteiger charge is 2.17. The fraction of sp³-hybridized carbons (Fsp3) is 0. The van der Waals surface area contributed by atoms with Gasteiger partial charge in [0, 0.05) is 6.07 Å². The number of benzene rings is 2. The SMILES string of the molecule is O=c1cc(O)c2c(=O)n(-c3cccc(F)c3)c(-c3ccccc3)cc2o1. The van der Waals surface area contributed by atoms with E-state index in [4.69, 9.17) is 4.42 Å². The van der Waals surface area contributed by atoms with Crippen molar-refractivity contribution in [2.75, 3.05) is 0 Å². The second kappa shape index (κ2) is 6.00. The van der Waals surface area contributed by atoms with Crippen molar-refractivity contribution in [2.24, 2.45) is 0 Å². The number of hydrogen-bond acceptors (Lipinski definition) is 4. The van der Waals surface area contributed by atoms with Gasteiger partial charge in [0.2, 0.25) is 0 Å². The molecule has 0 radical (unpaired) electrons. The molecular weight excluding hydrogens is 337 g/mol. The summed E-state index contributed by atoms with van der Waals surface area (Å²) < 4.78 is 20.1. The van der Waals surface area contributed by atoms with Gasteiger partial charge in [0.05, 0.1) is 17.4 Å². The third kappa shape index (κ3) is 2.57.